The highest BCUT2D eigenvalue weighted by Gasteiger charge is 2.42. The smallest absolute Gasteiger partial charge is 0.415 e. The van der Waals surface area contributed by atoms with E-state index >= 15 is 0 Å². The van der Waals surface area contributed by atoms with Gasteiger partial charge < -0.3 is 29.3 Å². The average Bonchev–Trinajstić information content (AvgIpc) is 3.14. The third-order valence-corrected chi connectivity index (χ3v) is 6.38. The lowest BCUT2D eigenvalue weighted by Gasteiger charge is -2.17. The van der Waals surface area contributed by atoms with Gasteiger partial charge in [0.2, 0.25) is 0 Å². The topological polar surface area (TPSA) is 123 Å². The fraction of sp³-hybridized carbons (Fsp3) is 0.815. The first-order chi connectivity index (χ1) is 17.3. The van der Waals surface area contributed by atoms with E-state index in [0.29, 0.717) is 19.5 Å². The van der Waals surface area contributed by atoms with Gasteiger partial charge in [-0.25, -0.2) is 9.59 Å². The van der Waals surface area contributed by atoms with E-state index in [1.807, 2.05) is 0 Å². The fourth-order valence-electron chi connectivity index (χ4n) is 4.07. The van der Waals surface area contributed by atoms with Gasteiger partial charge in [0, 0.05) is 19.5 Å². The molecule has 36 heavy (non-hydrogen) atoms. The molecule has 0 fully saturated rings. The van der Waals surface area contributed by atoms with Crippen molar-refractivity contribution in [2.45, 2.75) is 123 Å². The van der Waals surface area contributed by atoms with Crippen molar-refractivity contribution in [2.24, 2.45) is 0 Å². The second-order valence-corrected chi connectivity index (χ2v) is 9.32. The summed E-state index contributed by atoms with van der Waals surface area (Å²) in [6, 6.07) is 0. The highest BCUT2D eigenvalue weighted by Crippen LogP contribution is 2.25. The molecule has 0 bridgehead atoms. The van der Waals surface area contributed by atoms with E-state index in [9.17, 15) is 24.6 Å². The molecule has 1 heterocycles. The van der Waals surface area contributed by atoms with Crippen LogP contribution >= 0.6 is 0 Å². The van der Waals surface area contributed by atoms with Gasteiger partial charge >= 0.3 is 18.0 Å². The summed E-state index contributed by atoms with van der Waals surface area (Å²) >= 11 is 0. The Balaban J connectivity index is 2.17. The van der Waals surface area contributed by atoms with Crippen LogP contribution in [0.2, 0.25) is 0 Å². The Hall–Kier alpha value is -2.29. The molecule has 2 N–H and O–H groups in total. The van der Waals surface area contributed by atoms with Gasteiger partial charge in [0.15, 0.2) is 11.9 Å². The van der Waals surface area contributed by atoms with Crippen LogP contribution in [-0.4, -0.2) is 65.0 Å². The standard InChI is InChI=1S/C27H47NO8/c1-4-7-8-9-10-11-12-13-14-15-16-17-18-19-22(30)34-20-21(29)24-23(31)25(26(32)35-24)36-27(33)28(5-2)6-3/h21,24,29,31H,4-20H2,1-3H3/t21-,24+/m0/s1. The number of unbranched alkanes of at least 4 members (excludes halogenated alkanes) is 12. The quantitative estimate of drug-likeness (QED) is 0.123. The monoisotopic (exact) mass is 513 g/mol. The van der Waals surface area contributed by atoms with Crippen LogP contribution in [0.4, 0.5) is 4.79 Å². The number of esters is 2. The van der Waals surface area contributed by atoms with E-state index in [2.05, 4.69) is 6.92 Å². The predicted molar refractivity (Wildman–Crippen MR) is 136 cm³/mol. The SMILES string of the molecule is CCCCCCCCCCCCCCCC(=O)OC[C@H](O)[C@H]1OC(=O)C(OC(=O)N(CC)CC)=C1O. The van der Waals surface area contributed by atoms with Gasteiger partial charge in [0.1, 0.15) is 12.7 Å². The lowest BCUT2D eigenvalue weighted by atomic mass is 10.0. The molecule has 0 aromatic rings. The molecule has 1 aliphatic rings. The number of ether oxygens (including phenoxy) is 3. The number of rotatable bonds is 20. The number of aliphatic hydroxyl groups excluding tert-OH is 2. The largest absolute Gasteiger partial charge is 0.505 e. The fourth-order valence-corrected chi connectivity index (χ4v) is 4.07. The van der Waals surface area contributed by atoms with Crippen LogP contribution in [-0.2, 0) is 23.8 Å². The van der Waals surface area contributed by atoms with Gasteiger partial charge in [-0.05, 0) is 20.3 Å². The zero-order chi connectivity index (χ0) is 26.8. The number of hydrogen-bond donors (Lipinski definition) is 2. The summed E-state index contributed by atoms with van der Waals surface area (Å²) < 4.78 is 14.9. The van der Waals surface area contributed by atoms with Crippen molar-refractivity contribution in [3.63, 3.8) is 0 Å². The molecule has 1 aliphatic heterocycles. The van der Waals surface area contributed by atoms with Gasteiger partial charge in [-0.1, -0.05) is 84.0 Å². The lowest BCUT2D eigenvalue weighted by Crippen LogP contribution is -2.33. The highest BCUT2D eigenvalue weighted by atomic mass is 16.6. The minimum absolute atomic E-state index is 0.240. The highest BCUT2D eigenvalue weighted by molar-refractivity contribution is 5.92. The van der Waals surface area contributed by atoms with Gasteiger partial charge in [-0.15, -0.1) is 0 Å². The van der Waals surface area contributed by atoms with Crippen molar-refractivity contribution in [3.8, 4) is 0 Å². The molecule has 0 aromatic carbocycles. The zero-order valence-electron chi connectivity index (χ0n) is 22.5. The Kier molecular flexibility index (Phi) is 16.7. The summed E-state index contributed by atoms with van der Waals surface area (Å²) in [5.74, 6) is -2.87. The molecule has 0 radical (unpaired) electrons. The summed E-state index contributed by atoms with van der Waals surface area (Å²) in [6.07, 6.45) is 12.3. The van der Waals surface area contributed by atoms with Crippen molar-refractivity contribution < 1.29 is 38.8 Å². The molecule has 208 valence electrons. The zero-order valence-corrected chi connectivity index (χ0v) is 22.5. The van der Waals surface area contributed by atoms with Crippen LogP contribution in [0.5, 0.6) is 0 Å². The molecule has 0 aromatic heterocycles. The maximum atomic E-state index is 12.0. The molecule has 1 rings (SSSR count). The first-order valence-corrected chi connectivity index (χ1v) is 13.8. The summed E-state index contributed by atoms with van der Waals surface area (Å²) in [7, 11) is 0. The summed E-state index contributed by atoms with van der Waals surface area (Å²) in [6.45, 7) is 5.99. The van der Waals surface area contributed by atoms with Crippen LogP contribution in [0.1, 0.15) is 111 Å². The second kappa shape index (κ2) is 18.9. The molecule has 1 amide bonds. The Bertz CT molecular complexity index is 689. The van der Waals surface area contributed by atoms with E-state index in [1.165, 1.54) is 69.1 Å². The van der Waals surface area contributed by atoms with Crippen molar-refractivity contribution in [2.75, 3.05) is 19.7 Å². The summed E-state index contributed by atoms with van der Waals surface area (Å²) in [5.41, 5.74) is 0. The van der Waals surface area contributed by atoms with Crippen LogP contribution in [0.25, 0.3) is 0 Å². The molecule has 0 spiro atoms. The third kappa shape index (κ3) is 12.1. The number of carbonyl (C=O) groups is 3. The molecule has 9 heteroatoms. The maximum absolute atomic E-state index is 12.0. The first-order valence-electron chi connectivity index (χ1n) is 13.8. The number of aliphatic hydroxyl groups is 2. The second-order valence-electron chi connectivity index (χ2n) is 9.32. The lowest BCUT2D eigenvalue weighted by molar-refractivity contribution is -0.154. The van der Waals surface area contributed by atoms with E-state index in [4.69, 9.17) is 14.2 Å². The van der Waals surface area contributed by atoms with E-state index < -0.39 is 48.4 Å². The van der Waals surface area contributed by atoms with Crippen molar-refractivity contribution in [3.05, 3.63) is 11.5 Å². The molecule has 0 unspecified atom stereocenters. The van der Waals surface area contributed by atoms with Gasteiger partial charge in [0.05, 0.1) is 0 Å². The molecule has 0 aliphatic carbocycles. The minimum atomic E-state index is -1.48. The molecule has 0 saturated carbocycles. The third-order valence-electron chi connectivity index (χ3n) is 6.38. The first kappa shape index (κ1) is 31.7. The van der Waals surface area contributed by atoms with Crippen LogP contribution in [0.15, 0.2) is 11.5 Å². The maximum Gasteiger partial charge on any atom is 0.415 e. The van der Waals surface area contributed by atoms with E-state index in [1.54, 1.807) is 13.8 Å². The number of nitrogens with zero attached hydrogens (tertiary/aromatic N) is 1. The van der Waals surface area contributed by atoms with Gasteiger partial charge in [0.25, 0.3) is 5.76 Å². The summed E-state index contributed by atoms with van der Waals surface area (Å²) in [4.78, 5) is 37.3. The van der Waals surface area contributed by atoms with Crippen LogP contribution in [0, 0.1) is 0 Å². The van der Waals surface area contributed by atoms with Crippen molar-refractivity contribution >= 4 is 18.0 Å². The van der Waals surface area contributed by atoms with Crippen LogP contribution < -0.4 is 0 Å². The summed E-state index contributed by atoms with van der Waals surface area (Å²) in [5, 5.41) is 20.4. The van der Waals surface area contributed by atoms with Crippen LogP contribution in [0.3, 0.4) is 0 Å². The number of carbonyl (C=O) groups excluding carboxylic acids is 3. The molecule has 9 nitrogen and oxygen atoms in total. The minimum Gasteiger partial charge on any atom is -0.505 e. The van der Waals surface area contributed by atoms with Crippen molar-refractivity contribution in [1.29, 1.82) is 0 Å². The number of cyclic esters (lactones) is 1. The molecule has 2 atom stereocenters. The van der Waals surface area contributed by atoms with E-state index in [-0.39, 0.29) is 6.42 Å². The molecular weight excluding hydrogens is 466 g/mol. The molecular formula is C27H47NO8. The van der Waals surface area contributed by atoms with Gasteiger partial charge in [-0.3, -0.25) is 4.79 Å². The predicted octanol–water partition coefficient (Wildman–Crippen LogP) is 5.55. The normalized spacial score (nSPS) is 16.1. The molecule has 0 saturated heterocycles. The average molecular weight is 514 g/mol. The Labute approximate surface area is 216 Å². The number of amides is 1. The van der Waals surface area contributed by atoms with Gasteiger partial charge in [-0.2, -0.15) is 0 Å². The van der Waals surface area contributed by atoms with Crippen molar-refractivity contribution in [1.82, 2.24) is 4.90 Å². The van der Waals surface area contributed by atoms with E-state index in [0.717, 1.165) is 12.8 Å². The Morgan fingerprint density at radius 3 is 1.89 bits per heavy atom. The Morgan fingerprint density at radius 1 is 0.889 bits per heavy atom. The number of hydrogen-bond acceptors (Lipinski definition) is 8. The Morgan fingerprint density at radius 2 is 1.39 bits per heavy atom.